The fraction of sp³-hybridized carbons (Fsp3) is 0.304. The van der Waals surface area contributed by atoms with Gasteiger partial charge in [-0.05, 0) is 38.3 Å². The minimum atomic E-state index is -0.500. The van der Waals surface area contributed by atoms with Gasteiger partial charge in [-0.3, -0.25) is 9.59 Å². The number of hydrogen-bond acceptors (Lipinski definition) is 6. The molecule has 1 aromatic carbocycles. The lowest BCUT2D eigenvalue weighted by atomic mass is 9.93. The number of hydrazone groups is 1. The minimum absolute atomic E-state index is 0.110. The fourth-order valence-electron chi connectivity index (χ4n) is 3.80. The van der Waals surface area contributed by atoms with E-state index in [2.05, 4.69) is 20.8 Å². The van der Waals surface area contributed by atoms with Crippen molar-refractivity contribution in [1.29, 1.82) is 0 Å². The van der Waals surface area contributed by atoms with Crippen LogP contribution in [0.4, 0.5) is 0 Å². The molecule has 0 aliphatic heterocycles. The Morgan fingerprint density at radius 3 is 2.88 bits per heavy atom. The molecule has 2 heterocycles. The van der Waals surface area contributed by atoms with Crippen molar-refractivity contribution in [1.82, 2.24) is 20.3 Å². The number of fused-ring (bicyclic) bond motifs is 1. The molecule has 2 amide bonds. The number of rotatable bonds is 7. The van der Waals surface area contributed by atoms with Crippen molar-refractivity contribution in [2.75, 3.05) is 6.54 Å². The second kappa shape index (κ2) is 9.51. The van der Waals surface area contributed by atoms with E-state index in [1.165, 1.54) is 12.1 Å². The maximum Gasteiger partial charge on any atom is 0.287 e. The number of nitrogens with one attached hydrogen (secondary N) is 2. The Morgan fingerprint density at radius 2 is 2.09 bits per heavy atom. The van der Waals surface area contributed by atoms with E-state index >= 15 is 0 Å². The molecule has 3 aromatic rings. The Bertz CT molecular complexity index is 1150. The quantitative estimate of drug-likeness (QED) is 0.389. The maximum atomic E-state index is 12.7. The zero-order valence-corrected chi connectivity index (χ0v) is 17.8. The summed E-state index contributed by atoms with van der Waals surface area (Å²) in [6.45, 7) is 3.11. The van der Waals surface area contributed by atoms with E-state index < -0.39 is 5.91 Å². The molecule has 166 valence electrons. The van der Waals surface area contributed by atoms with Gasteiger partial charge in [0.15, 0.2) is 5.76 Å². The normalized spacial score (nSPS) is 14.2. The summed E-state index contributed by atoms with van der Waals surface area (Å²) >= 11 is 0. The number of nitrogens with zero attached hydrogens (tertiary/aromatic N) is 3. The number of carbonyl (C=O) groups is 2. The highest BCUT2D eigenvalue weighted by Gasteiger charge is 2.28. The van der Waals surface area contributed by atoms with Crippen LogP contribution in [-0.2, 0) is 13.0 Å². The molecule has 0 saturated heterocycles. The molecule has 0 saturated carbocycles. The van der Waals surface area contributed by atoms with Gasteiger partial charge >= 0.3 is 0 Å². The molecule has 3 N–H and O–H groups in total. The van der Waals surface area contributed by atoms with Crippen LogP contribution in [0, 0.1) is 6.92 Å². The number of aromatic nitrogens is 2. The van der Waals surface area contributed by atoms with Gasteiger partial charge in [-0.15, -0.1) is 0 Å². The van der Waals surface area contributed by atoms with E-state index in [0.717, 1.165) is 24.9 Å². The van der Waals surface area contributed by atoms with E-state index in [0.29, 0.717) is 36.4 Å². The number of imidazole rings is 1. The summed E-state index contributed by atoms with van der Waals surface area (Å²) in [6, 6.07) is 6.28. The van der Waals surface area contributed by atoms with Crippen LogP contribution in [0.5, 0.6) is 5.75 Å². The second-order valence-corrected chi connectivity index (χ2v) is 7.63. The van der Waals surface area contributed by atoms with Crippen molar-refractivity contribution in [2.45, 2.75) is 39.2 Å². The van der Waals surface area contributed by atoms with Crippen LogP contribution in [0.2, 0.25) is 0 Å². The number of phenolic OH excluding ortho intramolecular Hbond substituents is 1. The summed E-state index contributed by atoms with van der Waals surface area (Å²) in [5.74, 6) is 0.105. The van der Waals surface area contributed by atoms with Crippen molar-refractivity contribution in [2.24, 2.45) is 5.10 Å². The van der Waals surface area contributed by atoms with Gasteiger partial charge in [0, 0.05) is 43.0 Å². The van der Waals surface area contributed by atoms with Crippen molar-refractivity contribution in [3.05, 3.63) is 71.2 Å². The van der Waals surface area contributed by atoms with E-state index in [4.69, 9.17) is 4.42 Å². The van der Waals surface area contributed by atoms with Crippen LogP contribution in [0.25, 0.3) is 0 Å². The van der Waals surface area contributed by atoms with Crippen LogP contribution in [0.15, 0.2) is 52.5 Å². The maximum absolute atomic E-state index is 12.7. The Kier molecular flexibility index (Phi) is 6.34. The average molecular weight is 435 g/mol. The number of aryl methyl sites for hydroxylation is 2. The third-order valence-electron chi connectivity index (χ3n) is 5.41. The molecule has 2 aromatic heterocycles. The number of hydrogen-bond donors (Lipinski definition) is 3. The number of aromatic hydroxyl groups is 1. The predicted octanol–water partition coefficient (Wildman–Crippen LogP) is 2.78. The van der Waals surface area contributed by atoms with Gasteiger partial charge in [-0.25, -0.2) is 10.4 Å². The van der Waals surface area contributed by atoms with Gasteiger partial charge in [0.25, 0.3) is 11.8 Å². The second-order valence-electron chi connectivity index (χ2n) is 7.63. The Hall–Kier alpha value is -3.88. The van der Waals surface area contributed by atoms with Crippen LogP contribution in [0.1, 0.15) is 57.1 Å². The average Bonchev–Trinajstić information content (AvgIpc) is 3.43. The van der Waals surface area contributed by atoms with Crippen LogP contribution in [0.3, 0.4) is 0 Å². The monoisotopic (exact) mass is 435 g/mol. The molecular formula is C23H25N5O4. The summed E-state index contributed by atoms with van der Waals surface area (Å²) in [4.78, 5) is 29.1. The number of benzene rings is 1. The highest BCUT2D eigenvalue weighted by atomic mass is 16.4. The topological polar surface area (TPSA) is 122 Å². The van der Waals surface area contributed by atoms with Crippen molar-refractivity contribution >= 4 is 17.5 Å². The van der Waals surface area contributed by atoms with Crippen LogP contribution >= 0.6 is 0 Å². The summed E-state index contributed by atoms with van der Waals surface area (Å²) in [5, 5.41) is 17.0. The standard InChI is InChI=1S/C23H25N5O4/c1-15-20-17(26-27-22(30)16-6-2-3-8-18(16)29)7-4-9-19(20)32-21(15)23(31)25-10-5-12-28-13-11-24-14-28/h2-3,6,8,11,13-14,29H,4-5,7,9-10,12H2,1H3,(H,25,31)(H,27,30)/b26-17+. The molecule has 0 fully saturated rings. The SMILES string of the molecule is Cc1c(C(=O)NCCCn2ccnc2)oc2c1/C(=N/NC(=O)c1ccccc1O)CCC2. The summed E-state index contributed by atoms with van der Waals surface area (Å²) in [7, 11) is 0. The van der Waals surface area contributed by atoms with Crippen LogP contribution < -0.4 is 10.7 Å². The summed E-state index contributed by atoms with van der Waals surface area (Å²) in [6.07, 6.45) is 8.27. The third-order valence-corrected chi connectivity index (χ3v) is 5.41. The predicted molar refractivity (Wildman–Crippen MR) is 118 cm³/mol. The van der Waals surface area contributed by atoms with E-state index in [-0.39, 0.29) is 23.0 Å². The van der Waals surface area contributed by atoms with Crippen molar-refractivity contribution < 1.29 is 19.1 Å². The molecule has 4 rings (SSSR count). The van der Waals surface area contributed by atoms with Gasteiger partial charge in [-0.2, -0.15) is 5.10 Å². The van der Waals surface area contributed by atoms with E-state index in [1.807, 2.05) is 17.7 Å². The number of para-hydroxylation sites is 1. The number of amides is 2. The van der Waals surface area contributed by atoms with E-state index in [1.54, 1.807) is 24.7 Å². The largest absolute Gasteiger partial charge is 0.507 e. The first-order chi connectivity index (χ1) is 15.5. The van der Waals surface area contributed by atoms with E-state index in [9.17, 15) is 14.7 Å². The van der Waals surface area contributed by atoms with Crippen molar-refractivity contribution in [3.8, 4) is 5.75 Å². The molecule has 32 heavy (non-hydrogen) atoms. The molecule has 9 heteroatoms. The first kappa shape index (κ1) is 21.4. The molecule has 0 atom stereocenters. The summed E-state index contributed by atoms with van der Waals surface area (Å²) < 4.78 is 7.84. The molecule has 0 spiro atoms. The third kappa shape index (κ3) is 4.56. The number of carbonyl (C=O) groups excluding carboxylic acids is 2. The zero-order valence-electron chi connectivity index (χ0n) is 17.8. The first-order valence-electron chi connectivity index (χ1n) is 10.6. The molecule has 1 aliphatic carbocycles. The Balaban J connectivity index is 1.43. The van der Waals surface area contributed by atoms with Gasteiger partial charge in [-0.1, -0.05) is 12.1 Å². The summed E-state index contributed by atoms with van der Waals surface area (Å²) in [5.41, 5.74) is 4.80. The van der Waals surface area contributed by atoms with Crippen molar-refractivity contribution in [3.63, 3.8) is 0 Å². The molecule has 9 nitrogen and oxygen atoms in total. The number of phenols is 1. The van der Waals surface area contributed by atoms with Gasteiger partial charge < -0.3 is 19.4 Å². The van der Waals surface area contributed by atoms with Crippen LogP contribution in [-0.4, -0.2) is 38.7 Å². The molecule has 0 radical (unpaired) electrons. The highest BCUT2D eigenvalue weighted by Crippen LogP contribution is 2.30. The Morgan fingerprint density at radius 1 is 1.25 bits per heavy atom. The Labute approximate surface area is 185 Å². The lowest BCUT2D eigenvalue weighted by molar-refractivity contribution is 0.0920. The molecule has 0 bridgehead atoms. The number of furan rings is 1. The lowest BCUT2D eigenvalue weighted by Crippen LogP contribution is -2.25. The van der Waals surface area contributed by atoms with Gasteiger partial charge in [0.05, 0.1) is 17.6 Å². The van der Waals surface area contributed by atoms with Gasteiger partial charge in [0.2, 0.25) is 0 Å². The molecule has 0 unspecified atom stereocenters. The van der Waals surface area contributed by atoms with Gasteiger partial charge in [0.1, 0.15) is 11.5 Å². The highest BCUT2D eigenvalue weighted by molar-refractivity contribution is 6.07. The molecular weight excluding hydrogens is 410 g/mol. The zero-order chi connectivity index (χ0) is 22.5. The molecule has 1 aliphatic rings. The lowest BCUT2D eigenvalue weighted by Gasteiger charge is -2.13. The smallest absolute Gasteiger partial charge is 0.287 e. The first-order valence-corrected chi connectivity index (χ1v) is 10.6. The minimum Gasteiger partial charge on any atom is -0.507 e. The fourth-order valence-corrected chi connectivity index (χ4v) is 3.80.